The lowest BCUT2D eigenvalue weighted by Gasteiger charge is -2.17. The largest absolute Gasteiger partial charge is 0.383 e. The molecule has 15 heavy (non-hydrogen) atoms. The highest BCUT2D eigenvalue weighted by Crippen LogP contribution is 2.12. The third kappa shape index (κ3) is 4.08. The number of pyridine rings is 1. The van der Waals surface area contributed by atoms with E-state index in [-0.39, 0.29) is 5.78 Å². The number of ketones is 1. The predicted molar refractivity (Wildman–Crippen MR) is 60.2 cm³/mol. The molecule has 0 radical (unpaired) electrons. The van der Waals surface area contributed by atoms with Crippen molar-refractivity contribution in [1.82, 2.24) is 4.98 Å². The third-order valence-electron chi connectivity index (χ3n) is 1.97. The van der Waals surface area contributed by atoms with E-state index in [0.717, 1.165) is 5.56 Å². The van der Waals surface area contributed by atoms with Gasteiger partial charge < -0.3 is 11.5 Å². The van der Waals surface area contributed by atoms with Crippen LogP contribution in [0.5, 0.6) is 0 Å². The molecule has 0 saturated carbocycles. The third-order valence-corrected chi connectivity index (χ3v) is 1.97. The zero-order valence-corrected chi connectivity index (χ0v) is 9.16. The van der Waals surface area contributed by atoms with Gasteiger partial charge in [-0.25, -0.2) is 4.98 Å². The van der Waals surface area contributed by atoms with Crippen LogP contribution in [0.15, 0.2) is 18.3 Å². The second kappa shape index (κ2) is 4.40. The van der Waals surface area contributed by atoms with Crippen LogP contribution in [0.1, 0.15) is 25.8 Å². The molecule has 1 rings (SSSR count). The number of nitrogen functional groups attached to an aromatic ring is 1. The minimum Gasteiger partial charge on any atom is -0.383 e. The Morgan fingerprint density at radius 3 is 2.73 bits per heavy atom. The van der Waals surface area contributed by atoms with Crippen LogP contribution in [0.2, 0.25) is 0 Å². The highest BCUT2D eigenvalue weighted by Gasteiger charge is 2.17. The molecular weight excluding hydrogens is 190 g/mol. The van der Waals surface area contributed by atoms with E-state index >= 15 is 0 Å². The van der Waals surface area contributed by atoms with Crippen molar-refractivity contribution < 1.29 is 4.79 Å². The van der Waals surface area contributed by atoms with Gasteiger partial charge in [-0.15, -0.1) is 0 Å². The molecule has 0 bridgehead atoms. The van der Waals surface area contributed by atoms with Crippen LogP contribution in [0, 0.1) is 0 Å². The Morgan fingerprint density at radius 2 is 2.20 bits per heavy atom. The summed E-state index contributed by atoms with van der Waals surface area (Å²) in [6.07, 6.45) is 2.26. The maximum absolute atomic E-state index is 11.6. The lowest BCUT2D eigenvalue weighted by Crippen LogP contribution is -2.35. The van der Waals surface area contributed by atoms with Crippen molar-refractivity contribution in [3.8, 4) is 0 Å². The van der Waals surface area contributed by atoms with Crippen molar-refractivity contribution in [3.63, 3.8) is 0 Å². The second-order valence-electron chi connectivity index (χ2n) is 4.43. The van der Waals surface area contributed by atoms with E-state index in [0.29, 0.717) is 18.7 Å². The van der Waals surface area contributed by atoms with Crippen molar-refractivity contribution >= 4 is 11.6 Å². The number of nitrogens with two attached hydrogens (primary N) is 2. The maximum atomic E-state index is 11.6. The molecule has 0 atom stereocenters. The average Bonchev–Trinajstić information content (AvgIpc) is 2.05. The van der Waals surface area contributed by atoms with Gasteiger partial charge in [-0.1, -0.05) is 6.07 Å². The monoisotopic (exact) mass is 207 g/mol. The van der Waals surface area contributed by atoms with E-state index in [4.69, 9.17) is 11.5 Å². The van der Waals surface area contributed by atoms with Gasteiger partial charge in [-0.05, 0) is 19.9 Å². The lowest BCUT2D eigenvalue weighted by atomic mass is 9.96. The van der Waals surface area contributed by atoms with Crippen molar-refractivity contribution in [2.24, 2.45) is 5.73 Å². The first-order valence-electron chi connectivity index (χ1n) is 4.88. The normalized spacial score (nSPS) is 11.4. The van der Waals surface area contributed by atoms with Gasteiger partial charge in [0.15, 0.2) is 0 Å². The maximum Gasteiger partial charge on any atom is 0.139 e. The minimum absolute atomic E-state index is 0.0854. The highest BCUT2D eigenvalue weighted by molar-refractivity contribution is 5.82. The van der Waals surface area contributed by atoms with E-state index in [1.807, 2.05) is 19.9 Å². The fourth-order valence-electron chi connectivity index (χ4n) is 1.38. The summed E-state index contributed by atoms with van der Waals surface area (Å²) in [4.78, 5) is 15.5. The lowest BCUT2D eigenvalue weighted by molar-refractivity contribution is -0.119. The Balaban J connectivity index is 2.64. The van der Waals surface area contributed by atoms with Crippen LogP contribution >= 0.6 is 0 Å². The van der Waals surface area contributed by atoms with Crippen molar-refractivity contribution in [3.05, 3.63) is 23.9 Å². The number of rotatable bonds is 4. The zero-order valence-electron chi connectivity index (χ0n) is 9.16. The molecule has 0 saturated heterocycles. The van der Waals surface area contributed by atoms with Crippen LogP contribution in [-0.4, -0.2) is 16.3 Å². The Morgan fingerprint density at radius 1 is 1.53 bits per heavy atom. The van der Waals surface area contributed by atoms with Crippen LogP contribution in [-0.2, 0) is 11.2 Å². The number of aromatic nitrogens is 1. The number of anilines is 1. The van der Waals surface area contributed by atoms with Gasteiger partial charge in [0.25, 0.3) is 0 Å². The molecule has 1 aromatic rings. The molecule has 4 N–H and O–H groups in total. The molecule has 0 spiro atoms. The molecule has 0 aromatic carbocycles. The smallest absolute Gasteiger partial charge is 0.139 e. The molecule has 4 heteroatoms. The van der Waals surface area contributed by atoms with Gasteiger partial charge >= 0.3 is 0 Å². The Bertz CT molecular complexity index is 355. The van der Waals surface area contributed by atoms with Crippen molar-refractivity contribution in [2.75, 3.05) is 5.73 Å². The molecule has 0 aliphatic carbocycles. The van der Waals surface area contributed by atoms with Gasteiger partial charge in [0, 0.05) is 30.1 Å². The van der Waals surface area contributed by atoms with E-state index < -0.39 is 5.54 Å². The van der Waals surface area contributed by atoms with Gasteiger partial charge in [0.2, 0.25) is 0 Å². The fourth-order valence-corrected chi connectivity index (χ4v) is 1.38. The number of hydrogen-bond acceptors (Lipinski definition) is 4. The summed E-state index contributed by atoms with van der Waals surface area (Å²) in [6, 6.07) is 3.58. The summed E-state index contributed by atoms with van der Waals surface area (Å²) >= 11 is 0. The first-order valence-corrected chi connectivity index (χ1v) is 4.88. The van der Waals surface area contributed by atoms with Gasteiger partial charge in [0.1, 0.15) is 11.6 Å². The molecule has 0 fully saturated rings. The van der Waals surface area contributed by atoms with E-state index in [2.05, 4.69) is 4.98 Å². The molecule has 0 aliphatic rings. The zero-order chi connectivity index (χ0) is 11.5. The summed E-state index contributed by atoms with van der Waals surface area (Å²) in [5.74, 6) is 0.503. The molecule has 4 nitrogen and oxygen atoms in total. The Kier molecular flexibility index (Phi) is 3.42. The highest BCUT2D eigenvalue weighted by atomic mass is 16.1. The van der Waals surface area contributed by atoms with Gasteiger partial charge in [-0.3, -0.25) is 4.79 Å². The first kappa shape index (κ1) is 11.7. The van der Waals surface area contributed by atoms with E-state index in [1.54, 1.807) is 12.3 Å². The van der Waals surface area contributed by atoms with E-state index in [1.165, 1.54) is 0 Å². The van der Waals surface area contributed by atoms with Crippen LogP contribution in [0.3, 0.4) is 0 Å². The molecule has 0 unspecified atom stereocenters. The summed E-state index contributed by atoms with van der Waals surface area (Å²) < 4.78 is 0. The summed E-state index contributed by atoms with van der Waals surface area (Å²) in [7, 11) is 0. The number of Topliss-reactive ketones (excluding diaryl/α,β-unsaturated/α-hetero) is 1. The summed E-state index contributed by atoms with van der Waals surface area (Å²) in [5.41, 5.74) is 11.7. The molecule has 0 amide bonds. The first-order chi connectivity index (χ1) is 6.88. The summed E-state index contributed by atoms with van der Waals surface area (Å²) in [6.45, 7) is 3.66. The van der Waals surface area contributed by atoms with Gasteiger partial charge in [-0.2, -0.15) is 0 Å². The number of hydrogen-bond donors (Lipinski definition) is 2. The van der Waals surface area contributed by atoms with Crippen molar-refractivity contribution in [1.29, 1.82) is 0 Å². The Hall–Kier alpha value is -1.42. The van der Waals surface area contributed by atoms with Crippen LogP contribution < -0.4 is 11.5 Å². The van der Waals surface area contributed by atoms with Crippen molar-refractivity contribution in [2.45, 2.75) is 32.2 Å². The standard InChI is InChI=1S/C11H17N3O/c1-11(2,13)7-9(15)6-8-4-3-5-14-10(8)12/h3-5H,6-7,13H2,1-2H3,(H2,12,14). The quantitative estimate of drug-likeness (QED) is 0.768. The average molecular weight is 207 g/mol. The Labute approximate surface area is 89.7 Å². The van der Waals surface area contributed by atoms with Crippen LogP contribution in [0.25, 0.3) is 0 Å². The van der Waals surface area contributed by atoms with E-state index in [9.17, 15) is 4.79 Å². The fraction of sp³-hybridized carbons (Fsp3) is 0.455. The number of nitrogens with zero attached hydrogens (tertiary/aromatic N) is 1. The molecule has 0 aliphatic heterocycles. The molecular formula is C11H17N3O. The van der Waals surface area contributed by atoms with Gasteiger partial charge in [0.05, 0.1) is 0 Å². The minimum atomic E-state index is -0.464. The molecule has 1 heterocycles. The second-order valence-corrected chi connectivity index (χ2v) is 4.43. The number of carbonyl (C=O) groups excluding carboxylic acids is 1. The SMILES string of the molecule is CC(C)(N)CC(=O)Cc1cccnc1N. The molecule has 82 valence electrons. The topological polar surface area (TPSA) is 82.0 Å². The summed E-state index contributed by atoms with van der Waals surface area (Å²) in [5, 5.41) is 0. The van der Waals surface area contributed by atoms with Crippen LogP contribution in [0.4, 0.5) is 5.82 Å². The predicted octanol–water partition coefficient (Wildman–Crippen LogP) is 0.903. The molecule has 1 aromatic heterocycles. The number of carbonyl (C=O) groups is 1.